The number of aromatic nitrogens is 3. The number of fused-ring (bicyclic) bond motifs is 1. The highest BCUT2D eigenvalue weighted by molar-refractivity contribution is 5.46. The number of rotatable bonds is 2. The summed E-state index contributed by atoms with van der Waals surface area (Å²) in [6.07, 6.45) is 4.39. The lowest BCUT2D eigenvalue weighted by atomic mass is 9.94. The maximum Gasteiger partial charge on any atom is 0.245 e. The van der Waals surface area contributed by atoms with Gasteiger partial charge in [-0.05, 0) is 50.8 Å². The summed E-state index contributed by atoms with van der Waals surface area (Å²) in [6, 6.07) is 4.57. The van der Waals surface area contributed by atoms with Gasteiger partial charge < -0.3 is 10.6 Å². The monoisotopic (exact) mass is 259 g/mol. The van der Waals surface area contributed by atoms with Gasteiger partial charge in [0.15, 0.2) is 5.65 Å². The van der Waals surface area contributed by atoms with Gasteiger partial charge in [-0.25, -0.2) is 4.52 Å². The van der Waals surface area contributed by atoms with E-state index in [-0.39, 0.29) is 0 Å². The molecule has 0 saturated carbocycles. The number of nitrogens with two attached hydrogens (primary N) is 1. The molecule has 19 heavy (non-hydrogen) atoms. The number of nitrogens with zero attached hydrogens (tertiary/aromatic N) is 4. The van der Waals surface area contributed by atoms with Gasteiger partial charge in [-0.15, -0.1) is 5.10 Å². The highest BCUT2D eigenvalue weighted by atomic mass is 15.4. The third-order valence-electron chi connectivity index (χ3n) is 4.04. The summed E-state index contributed by atoms with van der Waals surface area (Å²) >= 11 is 0. The van der Waals surface area contributed by atoms with Gasteiger partial charge in [-0.2, -0.15) is 4.98 Å². The molecule has 1 aliphatic heterocycles. The summed E-state index contributed by atoms with van der Waals surface area (Å²) in [4.78, 5) is 6.93. The minimum absolute atomic E-state index is 0.487. The Bertz CT molecular complexity index is 576. The quantitative estimate of drug-likeness (QED) is 0.890. The lowest BCUT2D eigenvalue weighted by molar-refractivity contribution is 0.369. The molecule has 2 unspecified atom stereocenters. The number of pyridine rings is 1. The summed E-state index contributed by atoms with van der Waals surface area (Å²) in [5.41, 5.74) is 7.91. The molecule has 102 valence electrons. The average Bonchev–Trinajstić information content (AvgIpc) is 2.82. The molecule has 1 fully saturated rings. The summed E-state index contributed by atoms with van der Waals surface area (Å²) in [6.45, 7) is 6.02. The first-order valence-corrected chi connectivity index (χ1v) is 6.97. The molecule has 2 aromatic rings. The van der Waals surface area contributed by atoms with Gasteiger partial charge in [0.1, 0.15) is 0 Å². The van der Waals surface area contributed by atoms with E-state index < -0.39 is 0 Å². The molecular formula is C14H21N5. The van der Waals surface area contributed by atoms with E-state index in [2.05, 4.69) is 34.9 Å². The van der Waals surface area contributed by atoms with Crippen molar-refractivity contribution in [2.45, 2.75) is 32.7 Å². The first-order chi connectivity index (χ1) is 9.17. The highest BCUT2D eigenvalue weighted by Gasteiger charge is 2.27. The summed E-state index contributed by atoms with van der Waals surface area (Å²) < 4.78 is 1.86. The van der Waals surface area contributed by atoms with Crippen LogP contribution < -0.4 is 10.6 Å². The number of piperidine rings is 1. The molecule has 5 heteroatoms. The van der Waals surface area contributed by atoms with Gasteiger partial charge in [0.05, 0.1) is 0 Å². The Morgan fingerprint density at radius 1 is 1.37 bits per heavy atom. The van der Waals surface area contributed by atoms with Gasteiger partial charge in [0.2, 0.25) is 5.95 Å². The zero-order valence-electron chi connectivity index (χ0n) is 11.6. The van der Waals surface area contributed by atoms with E-state index in [1.54, 1.807) is 0 Å². The Hall–Kier alpha value is -1.62. The molecule has 0 bridgehead atoms. The fourth-order valence-corrected chi connectivity index (χ4v) is 2.75. The first kappa shape index (κ1) is 12.4. The van der Waals surface area contributed by atoms with E-state index in [0.29, 0.717) is 12.0 Å². The molecular weight excluding hydrogens is 238 g/mol. The predicted molar refractivity (Wildman–Crippen MR) is 76.3 cm³/mol. The van der Waals surface area contributed by atoms with Gasteiger partial charge in [0, 0.05) is 18.8 Å². The van der Waals surface area contributed by atoms with Crippen molar-refractivity contribution in [1.29, 1.82) is 0 Å². The van der Waals surface area contributed by atoms with E-state index in [1.807, 2.05) is 16.8 Å². The zero-order chi connectivity index (χ0) is 13.4. The molecule has 0 radical (unpaired) electrons. The molecule has 3 rings (SSSR count). The van der Waals surface area contributed by atoms with Crippen LogP contribution in [0, 0.1) is 12.8 Å². The van der Waals surface area contributed by atoms with Crippen LogP contribution in [0.15, 0.2) is 18.3 Å². The van der Waals surface area contributed by atoms with Crippen LogP contribution in [0.4, 0.5) is 5.95 Å². The fourth-order valence-electron chi connectivity index (χ4n) is 2.75. The van der Waals surface area contributed by atoms with Crippen LogP contribution in [0.2, 0.25) is 0 Å². The van der Waals surface area contributed by atoms with Crippen molar-refractivity contribution in [1.82, 2.24) is 14.6 Å². The van der Waals surface area contributed by atoms with Crippen molar-refractivity contribution < 1.29 is 0 Å². The third-order valence-corrected chi connectivity index (χ3v) is 4.04. The predicted octanol–water partition coefficient (Wildman–Crippen LogP) is 1.60. The zero-order valence-corrected chi connectivity index (χ0v) is 11.6. The summed E-state index contributed by atoms with van der Waals surface area (Å²) in [5.74, 6) is 1.39. The topological polar surface area (TPSA) is 59.5 Å². The first-order valence-electron chi connectivity index (χ1n) is 6.97. The third kappa shape index (κ3) is 2.30. The van der Waals surface area contributed by atoms with Gasteiger partial charge in [0.25, 0.3) is 0 Å². The van der Waals surface area contributed by atoms with Crippen LogP contribution in [-0.4, -0.2) is 33.7 Å². The number of aryl methyl sites for hydroxylation is 1. The van der Waals surface area contributed by atoms with Crippen LogP contribution in [0.3, 0.4) is 0 Å². The van der Waals surface area contributed by atoms with Gasteiger partial charge in [-0.3, -0.25) is 0 Å². The van der Waals surface area contributed by atoms with Crippen LogP contribution in [0.25, 0.3) is 5.65 Å². The molecule has 2 N–H and O–H groups in total. The maximum atomic E-state index is 5.81. The van der Waals surface area contributed by atoms with Crippen molar-refractivity contribution in [3.05, 3.63) is 23.9 Å². The van der Waals surface area contributed by atoms with Crippen molar-refractivity contribution in [2.24, 2.45) is 11.7 Å². The van der Waals surface area contributed by atoms with E-state index in [1.165, 1.54) is 12.0 Å². The van der Waals surface area contributed by atoms with Crippen molar-refractivity contribution in [3.63, 3.8) is 0 Å². The molecule has 0 amide bonds. The normalized spacial score (nSPS) is 24.1. The Kier molecular flexibility index (Phi) is 3.14. The van der Waals surface area contributed by atoms with E-state index in [0.717, 1.165) is 31.1 Å². The molecule has 1 aliphatic rings. The largest absolute Gasteiger partial charge is 0.336 e. The molecule has 3 heterocycles. The Balaban J connectivity index is 1.93. The lowest BCUT2D eigenvalue weighted by Gasteiger charge is -2.36. The molecule has 2 atom stereocenters. The van der Waals surface area contributed by atoms with E-state index in [9.17, 15) is 0 Å². The average molecular weight is 259 g/mol. The fraction of sp³-hybridized carbons (Fsp3) is 0.571. The number of hydrogen-bond donors (Lipinski definition) is 1. The SMILES string of the molecule is Cc1ccc2nc(N3CC(CN)CCC3C)nn2c1. The lowest BCUT2D eigenvalue weighted by Crippen LogP contribution is -2.44. The molecule has 5 nitrogen and oxygen atoms in total. The second-order valence-electron chi connectivity index (χ2n) is 5.60. The second-order valence-corrected chi connectivity index (χ2v) is 5.60. The van der Waals surface area contributed by atoms with Gasteiger partial charge >= 0.3 is 0 Å². The number of anilines is 1. The smallest absolute Gasteiger partial charge is 0.245 e. The van der Waals surface area contributed by atoms with Crippen molar-refractivity contribution in [3.8, 4) is 0 Å². The van der Waals surface area contributed by atoms with Crippen LogP contribution in [0.1, 0.15) is 25.3 Å². The maximum absolute atomic E-state index is 5.81. The molecule has 0 spiro atoms. The van der Waals surface area contributed by atoms with Crippen LogP contribution in [-0.2, 0) is 0 Å². The minimum atomic E-state index is 0.487. The number of hydrogen-bond acceptors (Lipinski definition) is 4. The van der Waals surface area contributed by atoms with E-state index in [4.69, 9.17) is 5.73 Å². The van der Waals surface area contributed by atoms with Crippen molar-refractivity contribution >= 4 is 11.6 Å². The van der Waals surface area contributed by atoms with E-state index >= 15 is 0 Å². The highest BCUT2D eigenvalue weighted by Crippen LogP contribution is 2.25. The molecule has 0 aliphatic carbocycles. The summed E-state index contributed by atoms with van der Waals surface area (Å²) in [7, 11) is 0. The minimum Gasteiger partial charge on any atom is -0.336 e. The molecule has 2 aromatic heterocycles. The van der Waals surface area contributed by atoms with Crippen LogP contribution in [0.5, 0.6) is 0 Å². The summed E-state index contributed by atoms with van der Waals surface area (Å²) in [5, 5.41) is 4.61. The Morgan fingerprint density at radius 2 is 2.21 bits per heavy atom. The molecule has 0 aromatic carbocycles. The Morgan fingerprint density at radius 3 is 3.00 bits per heavy atom. The van der Waals surface area contributed by atoms with Crippen molar-refractivity contribution in [2.75, 3.05) is 18.0 Å². The second kappa shape index (κ2) is 4.81. The molecule has 1 saturated heterocycles. The standard InChI is InChI=1S/C14H21N5/c1-10-3-6-13-16-14(17-19(13)8-10)18-9-12(7-15)5-4-11(18)2/h3,6,8,11-12H,4-5,7,9,15H2,1-2H3. The van der Waals surface area contributed by atoms with Gasteiger partial charge in [-0.1, -0.05) is 6.07 Å². The van der Waals surface area contributed by atoms with Crippen LogP contribution >= 0.6 is 0 Å². The Labute approximate surface area is 113 Å².